The van der Waals surface area contributed by atoms with Crippen LogP contribution in [-0.2, 0) is 31.0 Å². The van der Waals surface area contributed by atoms with Crippen LogP contribution in [0, 0.1) is 5.92 Å². The highest BCUT2D eigenvalue weighted by Crippen LogP contribution is 2.43. The fraction of sp³-hybridized carbons (Fsp3) is 0.425. The van der Waals surface area contributed by atoms with Crippen LogP contribution in [0.3, 0.4) is 0 Å². The number of amides is 4. The Labute approximate surface area is 299 Å². The number of anilines is 2. The fourth-order valence-electron chi connectivity index (χ4n) is 8.00. The van der Waals surface area contributed by atoms with E-state index in [1.165, 1.54) is 4.90 Å². The van der Waals surface area contributed by atoms with Crippen LogP contribution < -0.4 is 15.5 Å². The third-order valence-corrected chi connectivity index (χ3v) is 10.8. The first-order valence-electron chi connectivity index (χ1n) is 17.9. The average molecular weight is 694 g/mol. The quantitative estimate of drug-likeness (QED) is 0.306. The fourth-order valence-corrected chi connectivity index (χ4v) is 8.00. The van der Waals surface area contributed by atoms with E-state index in [2.05, 4.69) is 0 Å². The summed E-state index contributed by atoms with van der Waals surface area (Å²) in [5.74, 6) is -2.81. The second kappa shape index (κ2) is 15.0. The van der Waals surface area contributed by atoms with Crippen molar-refractivity contribution in [2.75, 3.05) is 42.5 Å². The second-order valence-corrected chi connectivity index (χ2v) is 14.4. The normalized spacial score (nSPS) is 19.4. The zero-order valence-electron chi connectivity index (χ0n) is 29.4. The van der Waals surface area contributed by atoms with E-state index in [1.807, 2.05) is 78.2 Å². The molecule has 6 rings (SSSR count). The summed E-state index contributed by atoms with van der Waals surface area (Å²) in [4.78, 5) is 74.0. The molecule has 3 aromatic rings. The third kappa shape index (κ3) is 7.34. The Morgan fingerprint density at radius 3 is 2.22 bits per heavy atom. The van der Waals surface area contributed by atoms with Gasteiger partial charge in [0.05, 0.1) is 16.9 Å². The number of likely N-dealkylation sites (tertiary alicyclic amines) is 1. The maximum absolute atomic E-state index is 14.6. The summed E-state index contributed by atoms with van der Waals surface area (Å²) in [7, 11) is 0. The molecule has 11 heteroatoms. The van der Waals surface area contributed by atoms with E-state index >= 15 is 0 Å². The number of benzene rings is 3. The average Bonchev–Trinajstić information content (AvgIpc) is 3.35. The van der Waals surface area contributed by atoms with Crippen LogP contribution in [-0.4, -0.2) is 89.3 Å². The van der Waals surface area contributed by atoms with Crippen LogP contribution in [0.15, 0.2) is 78.9 Å². The van der Waals surface area contributed by atoms with Crippen molar-refractivity contribution in [3.8, 4) is 0 Å². The number of hydrogen-bond acceptors (Lipinski definition) is 6. The molecule has 0 bridgehead atoms. The lowest BCUT2D eigenvalue weighted by Crippen LogP contribution is -2.56. The number of hydrogen-bond donors (Lipinski definition) is 2. The zero-order valence-corrected chi connectivity index (χ0v) is 29.4. The lowest BCUT2D eigenvalue weighted by atomic mass is 9.86. The number of nitrogens with two attached hydrogens (primary N) is 1. The van der Waals surface area contributed by atoms with Crippen LogP contribution in [0.5, 0.6) is 0 Å². The number of para-hydroxylation sites is 2. The van der Waals surface area contributed by atoms with Crippen molar-refractivity contribution in [1.29, 1.82) is 0 Å². The number of rotatable bonds is 11. The molecule has 3 aromatic carbocycles. The molecule has 3 N–H and O–H groups in total. The Balaban J connectivity index is 1.27. The number of carbonyl (C=O) groups is 5. The molecule has 0 radical (unpaired) electrons. The molecule has 2 fully saturated rings. The predicted octanol–water partition coefficient (Wildman–Crippen LogP) is 4.23. The lowest BCUT2D eigenvalue weighted by Gasteiger charge is -2.40. The van der Waals surface area contributed by atoms with Gasteiger partial charge in [0.2, 0.25) is 17.7 Å². The summed E-state index contributed by atoms with van der Waals surface area (Å²) in [6, 6.07) is 23.3. The summed E-state index contributed by atoms with van der Waals surface area (Å²) in [5, 5.41) is 10.1. The van der Waals surface area contributed by atoms with Crippen molar-refractivity contribution >= 4 is 41.0 Å². The van der Waals surface area contributed by atoms with Gasteiger partial charge in [0, 0.05) is 43.6 Å². The van der Waals surface area contributed by atoms with Crippen molar-refractivity contribution in [3.63, 3.8) is 0 Å². The van der Waals surface area contributed by atoms with Crippen LogP contribution >= 0.6 is 0 Å². The van der Waals surface area contributed by atoms with Gasteiger partial charge >= 0.3 is 5.97 Å². The van der Waals surface area contributed by atoms with E-state index in [0.29, 0.717) is 57.5 Å². The highest BCUT2D eigenvalue weighted by molar-refractivity contribution is 6.08. The number of piperidine rings is 2. The van der Waals surface area contributed by atoms with Gasteiger partial charge in [0.15, 0.2) is 0 Å². The molecule has 3 aliphatic heterocycles. The van der Waals surface area contributed by atoms with Crippen molar-refractivity contribution < 1.29 is 29.1 Å². The number of fused-ring (bicyclic) bond motifs is 1. The first-order chi connectivity index (χ1) is 24.5. The Kier molecular flexibility index (Phi) is 10.5. The number of carboxylic acids is 1. The standard InChI is InChI=1S/C40H47N5O6/c1-40(2)31-15-7-9-17-33(31)45(39(40)51)29-20-23-42(24-21-29)38(50)34(19-18-27-11-4-3-5-12-27)44(26-35(46)47)37(49)30-14-6-8-16-32(30)43-22-10-13-28(25-43)36(41)48/h3-9,11-12,14-17,28-29,34H,10,13,18-26H2,1-2H3,(H2,41,48)(H,46,47)/t28?,34-/m0/s1. The van der Waals surface area contributed by atoms with Gasteiger partial charge in [-0.15, -0.1) is 0 Å². The highest BCUT2D eigenvalue weighted by atomic mass is 16.4. The third-order valence-electron chi connectivity index (χ3n) is 10.8. The molecular weight excluding hydrogens is 646 g/mol. The number of primary amides is 1. The smallest absolute Gasteiger partial charge is 0.323 e. The van der Waals surface area contributed by atoms with Gasteiger partial charge in [0.25, 0.3) is 5.91 Å². The van der Waals surface area contributed by atoms with Crippen molar-refractivity contribution in [1.82, 2.24) is 9.80 Å². The summed E-state index contributed by atoms with van der Waals surface area (Å²) in [5.41, 5.74) is 8.73. The van der Waals surface area contributed by atoms with E-state index in [0.717, 1.165) is 23.2 Å². The Morgan fingerprint density at radius 2 is 1.53 bits per heavy atom. The topological polar surface area (TPSA) is 145 Å². The molecular formula is C40H47N5O6. The largest absolute Gasteiger partial charge is 0.480 e. The maximum atomic E-state index is 14.6. The number of carbonyl (C=O) groups excluding carboxylic acids is 4. The maximum Gasteiger partial charge on any atom is 0.323 e. The van der Waals surface area contributed by atoms with Gasteiger partial charge in [-0.05, 0) is 81.7 Å². The SMILES string of the molecule is CC1(C)C(=O)N(C2CCN(C(=O)[C@H](CCc3ccccc3)N(CC(=O)O)C(=O)c3ccccc3N3CCCC(C(N)=O)C3)CC2)c2ccccc21. The van der Waals surface area contributed by atoms with Gasteiger partial charge in [0.1, 0.15) is 12.6 Å². The first-order valence-corrected chi connectivity index (χ1v) is 17.9. The number of aliphatic carboxylic acids is 1. The van der Waals surface area contributed by atoms with E-state index < -0.39 is 35.8 Å². The zero-order chi connectivity index (χ0) is 36.3. The molecule has 268 valence electrons. The van der Waals surface area contributed by atoms with E-state index in [9.17, 15) is 29.1 Å². The number of nitrogens with zero attached hydrogens (tertiary/aromatic N) is 4. The Bertz CT molecular complexity index is 1790. The van der Waals surface area contributed by atoms with Gasteiger partial charge in [-0.2, -0.15) is 0 Å². The van der Waals surface area contributed by atoms with Gasteiger partial charge in [-0.3, -0.25) is 24.0 Å². The molecule has 0 aliphatic carbocycles. The monoisotopic (exact) mass is 693 g/mol. The molecule has 3 heterocycles. The van der Waals surface area contributed by atoms with Crippen LogP contribution in [0.2, 0.25) is 0 Å². The predicted molar refractivity (Wildman–Crippen MR) is 194 cm³/mol. The number of aryl methyl sites for hydroxylation is 1. The molecule has 2 saturated heterocycles. The van der Waals surface area contributed by atoms with Gasteiger partial charge < -0.3 is 30.4 Å². The lowest BCUT2D eigenvalue weighted by molar-refractivity contribution is -0.142. The summed E-state index contributed by atoms with van der Waals surface area (Å²) >= 11 is 0. The molecule has 51 heavy (non-hydrogen) atoms. The van der Waals surface area contributed by atoms with Crippen LogP contribution in [0.1, 0.15) is 67.4 Å². The molecule has 4 amide bonds. The van der Waals surface area contributed by atoms with Crippen molar-refractivity contribution in [2.24, 2.45) is 11.7 Å². The van der Waals surface area contributed by atoms with Crippen LogP contribution in [0.4, 0.5) is 11.4 Å². The summed E-state index contributed by atoms with van der Waals surface area (Å²) < 4.78 is 0. The molecule has 0 spiro atoms. The van der Waals surface area contributed by atoms with Crippen LogP contribution in [0.25, 0.3) is 0 Å². The molecule has 2 atom stereocenters. The minimum absolute atomic E-state index is 0.0435. The number of carboxylic acid groups (broad SMARTS) is 1. The second-order valence-electron chi connectivity index (χ2n) is 14.4. The van der Waals surface area contributed by atoms with E-state index in [4.69, 9.17) is 5.73 Å². The first kappa shape index (κ1) is 35.6. The molecule has 0 saturated carbocycles. The molecule has 3 aliphatic rings. The van der Waals surface area contributed by atoms with E-state index in [-0.39, 0.29) is 35.8 Å². The van der Waals surface area contributed by atoms with E-state index in [1.54, 1.807) is 29.2 Å². The molecule has 11 nitrogen and oxygen atoms in total. The van der Waals surface area contributed by atoms with Gasteiger partial charge in [-0.25, -0.2) is 0 Å². The summed E-state index contributed by atoms with van der Waals surface area (Å²) in [6.45, 7) is 4.92. The Hall–Kier alpha value is -5.19. The van der Waals surface area contributed by atoms with Gasteiger partial charge in [-0.1, -0.05) is 60.7 Å². The highest BCUT2D eigenvalue weighted by Gasteiger charge is 2.47. The minimum Gasteiger partial charge on any atom is -0.480 e. The molecule has 1 unspecified atom stereocenters. The summed E-state index contributed by atoms with van der Waals surface area (Å²) in [6.07, 6.45) is 3.17. The molecule has 0 aromatic heterocycles. The van der Waals surface area contributed by atoms with Crippen molar-refractivity contribution in [3.05, 3.63) is 95.6 Å². The Morgan fingerprint density at radius 1 is 0.882 bits per heavy atom. The van der Waals surface area contributed by atoms with Crippen molar-refractivity contribution in [2.45, 2.75) is 69.9 Å². The minimum atomic E-state index is -1.22.